The maximum absolute atomic E-state index is 12.1. The average Bonchev–Trinajstić information content (AvgIpc) is 2.78. The standard InChI is InChI=1S/C11H20N2O2S2/c1-9(2)10(12)6-7-13(3)17(14,15)11-5-4-8-16-11/h4-5,8-10H,6-7,12H2,1-3H3. The summed E-state index contributed by atoms with van der Waals surface area (Å²) in [7, 11) is -1.72. The molecule has 98 valence electrons. The second-order valence-electron chi connectivity index (χ2n) is 4.46. The van der Waals surface area contributed by atoms with Crippen molar-refractivity contribution in [3.8, 4) is 0 Å². The first-order chi connectivity index (χ1) is 7.85. The summed E-state index contributed by atoms with van der Waals surface area (Å²) in [5, 5.41) is 1.76. The van der Waals surface area contributed by atoms with Crippen molar-refractivity contribution >= 4 is 21.4 Å². The van der Waals surface area contributed by atoms with Gasteiger partial charge in [0.2, 0.25) is 0 Å². The quantitative estimate of drug-likeness (QED) is 0.861. The third-order valence-corrected chi connectivity index (χ3v) is 6.02. The van der Waals surface area contributed by atoms with Crippen molar-refractivity contribution in [1.29, 1.82) is 0 Å². The van der Waals surface area contributed by atoms with Gasteiger partial charge in [0.05, 0.1) is 0 Å². The summed E-state index contributed by atoms with van der Waals surface area (Å²) in [5.74, 6) is 0.368. The Morgan fingerprint density at radius 2 is 2.12 bits per heavy atom. The highest BCUT2D eigenvalue weighted by atomic mass is 32.2. The van der Waals surface area contributed by atoms with Crippen LogP contribution in [0.1, 0.15) is 20.3 Å². The van der Waals surface area contributed by atoms with Crippen LogP contribution in [-0.4, -0.2) is 32.4 Å². The zero-order valence-corrected chi connectivity index (χ0v) is 12.1. The molecule has 0 amide bonds. The highest BCUT2D eigenvalue weighted by molar-refractivity contribution is 7.91. The molecule has 0 aliphatic heterocycles. The Morgan fingerprint density at radius 3 is 2.59 bits per heavy atom. The summed E-state index contributed by atoms with van der Waals surface area (Å²) in [5.41, 5.74) is 5.91. The number of thiophene rings is 1. The fourth-order valence-electron chi connectivity index (χ4n) is 1.35. The Hall–Kier alpha value is -0.430. The van der Waals surface area contributed by atoms with Crippen LogP contribution in [0.3, 0.4) is 0 Å². The van der Waals surface area contributed by atoms with Gasteiger partial charge in [0.25, 0.3) is 10.0 Å². The third-order valence-electron chi connectivity index (χ3n) is 2.79. The second-order valence-corrected chi connectivity index (χ2v) is 7.67. The van der Waals surface area contributed by atoms with Crippen molar-refractivity contribution in [1.82, 2.24) is 4.31 Å². The lowest BCUT2D eigenvalue weighted by Gasteiger charge is -2.20. The summed E-state index contributed by atoms with van der Waals surface area (Å²) in [6.07, 6.45) is 0.679. The molecule has 6 heteroatoms. The van der Waals surface area contributed by atoms with Crippen LogP contribution >= 0.6 is 11.3 Å². The fourth-order valence-corrected chi connectivity index (χ4v) is 3.73. The first kappa shape index (κ1) is 14.6. The Labute approximate surface area is 107 Å². The molecule has 1 atom stereocenters. The molecule has 4 nitrogen and oxygen atoms in total. The SMILES string of the molecule is CC(C)C(N)CCN(C)S(=O)(=O)c1cccs1. The number of hydrogen-bond donors (Lipinski definition) is 1. The normalized spacial score (nSPS) is 14.5. The van der Waals surface area contributed by atoms with E-state index < -0.39 is 10.0 Å². The lowest BCUT2D eigenvalue weighted by molar-refractivity contribution is 0.398. The molecular formula is C11H20N2O2S2. The zero-order chi connectivity index (χ0) is 13.1. The highest BCUT2D eigenvalue weighted by Crippen LogP contribution is 2.20. The molecule has 0 aliphatic rings. The lowest BCUT2D eigenvalue weighted by atomic mass is 10.0. The minimum absolute atomic E-state index is 0.0379. The van der Waals surface area contributed by atoms with Crippen LogP contribution in [0.5, 0.6) is 0 Å². The van der Waals surface area contributed by atoms with E-state index in [1.165, 1.54) is 15.6 Å². The van der Waals surface area contributed by atoms with Crippen molar-refractivity contribution < 1.29 is 8.42 Å². The Bertz CT molecular complexity index is 426. The summed E-state index contributed by atoms with van der Waals surface area (Å²) in [4.78, 5) is 0. The van der Waals surface area contributed by atoms with Crippen molar-refractivity contribution in [3.63, 3.8) is 0 Å². The molecule has 2 N–H and O–H groups in total. The van der Waals surface area contributed by atoms with Crippen LogP contribution in [0, 0.1) is 5.92 Å². The molecule has 17 heavy (non-hydrogen) atoms. The van der Waals surface area contributed by atoms with Gasteiger partial charge >= 0.3 is 0 Å². The predicted molar refractivity (Wildman–Crippen MR) is 71.6 cm³/mol. The number of nitrogens with two attached hydrogens (primary N) is 1. The van der Waals surface area contributed by atoms with Gasteiger partial charge in [0.15, 0.2) is 0 Å². The maximum Gasteiger partial charge on any atom is 0.252 e. The molecule has 0 radical (unpaired) electrons. The number of hydrogen-bond acceptors (Lipinski definition) is 4. The van der Waals surface area contributed by atoms with E-state index in [1.54, 1.807) is 24.6 Å². The molecule has 1 heterocycles. The molecule has 0 bridgehead atoms. The van der Waals surface area contributed by atoms with Gasteiger partial charge in [-0.1, -0.05) is 19.9 Å². The minimum atomic E-state index is -3.32. The summed E-state index contributed by atoms with van der Waals surface area (Å²) >= 11 is 1.24. The first-order valence-electron chi connectivity index (χ1n) is 5.61. The van der Waals surface area contributed by atoms with Gasteiger partial charge in [0, 0.05) is 19.6 Å². The van der Waals surface area contributed by atoms with E-state index in [0.29, 0.717) is 23.1 Å². The van der Waals surface area contributed by atoms with Crippen LogP contribution in [0.15, 0.2) is 21.7 Å². The topological polar surface area (TPSA) is 63.4 Å². The van der Waals surface area contributed by atoms with Gasteiger partial charge in [0.1, 0.15) is 4.21 Å². The molecule has 0 aliphatic carbocycles. The summed E-state index contributed by atoms with van der Waals surface area (Å²) in [6.45, 7) is 4.54. The third kappa shape index (κ3) is 3.77. The molecule has 1 rings (SSSR count). The van der Waals surface area contributed by atoms with Crippen LogP contribution in [0.4, 0.5) is 0 Å². The molecule has 0 saturated carbocycles. The van der Waals surface area contributed by atoms with Crippen molar-refractivity contribution in [2.75, 3.05) is 13.6 Å². The van der Waals surface area contributed by atoms with Gasteiger partial charge in [-0.2, -0.15) is 0 Å². The predicted octanol–water partition coefficient (Wildman–Crippen LogP) is 1.74. The van der Waals surface area contributed by atoms with Crippen LogP contribution < -0.4 is 5.73 Å². The molecule has 0 saturated heterocycles. The highest BCUT2D eigenvalue weighted by Gasteiger charge is 2.22. The monoisotopic (exact) mass is 276 g/mol. The Morgan fingerprint density at radius 1 is 1.47 bits per heavy atom. The zero-order valence-electron chi connectivity index (χ0n) is 10.5. The minimum Gasteiger partial charge on any atom is -0.327 e. The Kier molecular flexibility index (Phi) is 5.12. The van der Waals surface area contributed by atoms with E-state index in [2.05, 4.69) is 0 Å². The number of sulfonamides is 1. The Balaban J connectivity index is 2.62. The van der Waals surface area contributed by atoms with Crippen LogP contribution in [0.25, 0.3) is 0 Å². The molecule has 0 aromatic carbocycles. The maximum atomic E-state index is 12.1. The van der Waals surface area contributed by atoms with Crippen molar-refractivity contribution in [2.24, 2.45) is 11.7 Å². The number of rotatable bonds is 6. The first-order valence-corrected chi connectivity index (χ1v) is 7.93. The average molecular weight is 276 g/mol. The second kappa shape index (κ2) is 5.95. The fraction of sp³-hybridized carbons (Fsp3) is 0.636. The molecule has 1 aromatic rings. The van der Waals surface area contributed by atoms with E-state index in [9.17, 15) is 8.42 Å². The number of nitrogens with zero attached hydrogens (tertiary/aromatic N) is 1. The van der Waals surface area contributed by atoms with E-state index in [-0.39, 0.29) is 6.04 Å². The van der Waals surface area contributed by atoms with Gasteiger partial charge < -0.3 is 5.73 Å². The van der Waals surface area contributed by atoms with Gasteiger partial charge in [-0.25, -0.2) is 12.7 Å². The van der Waals surface area contributed by atoms with Crippen molar-refractivity contribution in [3.05, 3.63) is 17.5 Å². The lowest BCUT2D eigenvalue weighted by Crippen LogP contribution is -2.34. The van der Waals surface area contributed by atoms with E-state index in [1.807, 2.05) is 13.8 Å². The van der Waals surface area contributed by atoms with E-state index >= 15 is 0 Å². The van der Waals surface area contributed by atoms with Gasteiger partial charge in [-0.15, -0.1) is 11.3 Å². The van der Waals surface area contributed by atoms with Gasteiger partial charge in [-0.3, -0.25) is 0 Å². The van der Waals surface area contributed by atoms with Crippen LogP contribution in [-0.2, 0) is 10.0 Å². The van der Waals surface area contributed by atoms with E-state index in [0.717, 1.165) is 0 Å². The molecule has 0 fully saturated rings. The smallest absolute Gasteiger partial charge is 0.252 e. The summed E-state index contributed by atoms with van der Waals surface area (Å²) < 4.78 is 25.9. The summed E-state index contributed by atoms with van der Waals surface area (Å²) in [6, 6.07) is 3.40. The molecular weight excluding hydrogens is 256 g/mol. The van der Waals surface area contributed by atoms with E-state index in [4.69, 9.17) is 5.73 Å². The molecule has 0 spiro atoms. The molecule has 1 unspecified atom stereocenters. The molecule has 1 aromatic heterocycles. The van der Waals surface area contributed by atoms with Crippen LogP contribution in [0.2, 0.25) is 0 Å². The largest absolute Gasteiger partial charge is 0.327 e. The van der Waals surface area contributed by atoms with Crippen molar-refractivity contribution in [2.45, 2.75) is 30.5 Å². The van der Waals surface area contributed by atoms with Gasteiger partial charge in [-0.05, 0) is 23.8 Å².